The molecule has 2 aromatic rings. The molecule has 1 amide bonds. The Kier molecular flexibility index (Phi) is 3.87. The highest BCUT2D eigenvalue weighted by Gasteiger charge is 2.14. The molecule has 19 heavy (non-hydrogen) atoms. The van der Waals surface area contributed by atoms with Crippen LogP contribution >= 0.6 is 23.2 Å². The summed E-state index contributed by atoms with van der Waals surface area (Å²) in [7, 11) is 0. The number of hydrogen-bond acceptors (Lipinski definition) is 3. The van der Waals surface area contributed by atoms with Crippen molar-refractivity contribution in [1.29, 1.82) is 0 Å². The van der Waals surface area contributed by atoms with Crippen molar-refractivity contribution in [2.45, 2.75) is 0 Å². The van der Waals surface area contributed by atoms with Crippen LogP contribution in [0.2, 0.25) is 10.2 Å². The maximum Gasteiger partial charge on any atom is 0.258 e. The van der Waals surface area contributed by atoms with E-state index >= 15 is 0 Å². The standard InChI is InChI=1S/C12H8Cl2FN3O/c13-7-2-1-3-9(11(7)15)18-12(19)6-4-10(14)17-5-8(6)16/h1-5H,16H2,(H,18,19). The zero-order valence-corrected chi connectivity index (χ0v) is 11.0. The number of amides is 1. The predicted octanol–water partition coefficient (Wildman–Crippen LogP) is 3.36. The van der Waals surface area contributed by atoms with Crippen LogP contribution < -0.4 is 11.1 Å². The maximum atomic E-state index is 13.6. The number of nitrogens with two attached hydrogens (primary N) is 1. The smallest absolute Gasteiger partial charge is 0.258 e. The van der Waals surface area contributed by atoms with Crippen LogP contribution in [0.1, 0.15) is 10.4 Å². The number of benzene rings is 1. The van der Waals surface area contributed by atoms with E-state index in [0.29, 0.717) is 0 Å². The van der Waals surface area contributed by atoms with Gasteiger partial charge >= 0.3 is 0 Å². The number of rotatable bonds is 2. The van der Waals surface area contributed by atoms with Gasteiger partial charge in [-0.05, 0) is 18.2 Å². The fourth-order valence-corrected chi connectivity index (χ4v) is 1.76. The van der Waals surface area contributed by atoms with Crippen molar-refractivity contribution < 1.29 is 9.18 Å². The van der Waals surface area contributed by atoms with Crippen molar-refractivity contribution in [2.24, 2.45) is 0 Å². The largest absolute Gasteiger partial charge is 0.397 e. The lowest BCUT2D eigenvalue weighted by atomic mass is 10.2. The first-order valence-electron chi connectivity index (χ1n) is 5.15. The van der Waals surface area contributed by atoms with E-state index in [9.17, 15) is 9.18 Å². The fraction of sp³-hybridized carbons (Fsp3) is 0. The van der Waals surface area contributed by atoms with Crippen molar-refractivity contribution in [3.8, 4) is 0 Å². The van der Waals surface area contributed by atoms with Crippen molar-refractivity contribution in [3.63, 3.8) is 0 Å². The van der Waals surface area contributed by atoms with Crippen LogP contribution in [-0.4, -0.2) is 10.9 Å². The van der Waals surface area contributed by atoms with Crippen molar-refractivity contribution >= 4 is 40.5 Å². The summed E-state index contributed by atoms with van der Waals surface area (Å²) in [5.41, 5.74) is 5.83. The molecule has 0 bridgehead atoms. The Hall–Kier alpha value is -1.85. The number of carbonyl (C=O) groups is 1. The molecule has 7 heteroatoms. The monoisotopic (exact) mass is 299 g/mol. The molecule has 0 saturated heterocycles. The van der Waals surface area contributed by atoms with Crippen LogP contribution in [0.25, 0.3) is 0 Å². The van der Waals surface area contributed by atoms with Crippen LogP contribution in [0.3, 0.4) is 0 Å². The Morgan fingerprint density at radius 3 is 2.84 bits per heavy atom. The summed E-state index contributed by atoms with van der Waals surface area (Å²) >= 11 is 11.3. The highest BCUT2D eigenvalue weighted by molar-refractivity contribution is 6.31. The molecular weight excluding hydrogens is 292 g/mol. The lowest BCUT2D eigenvalue weighted by molar-refractivity contribution is 0.102. The molecule has 0 aliphatic heterocycles. The van der Waals surface area contributed by atoms with Gasteiger partial charge in [-0.3, -0.25) is 4.79 Å². The van der Waals surface area contributed by atoms with Gasteiger partial charge in [-0.1, -0.05) is 29.3 Å². The Morgan fingerprint density at radius 2 is 2.11 bits per heavy atom. The molecule has 0 unspecified atom stereocenters. The number of hydrogen-bond donors (Lipinski definition) is 2. The van der Waals surface area contributed by atoms with Gasteiger partial charge in [-0.15, -0.1) is 0 Å². The van der Waals surface area contributed by atoms with Crippen molar-refractivity contribution in [3.05, 3.63) is 52.0 Å². The zero-order valence-electron chi connectivity index (χ0n) is 9.45. The highest BCUT2D eigenvalue weighted by atomic mass is 35.5. The molecule has 0 radical (unpaired) electrons. The average Bonchev–Trinajstić information content (AvgIpc) is 2.38. The summed E-state index contributed by atoms with van der Waals surface area (Å²) in [6, 6.07) is 5.58. The summed E-state index contributed by atoms with van der Waals surface area (Å²) in [5, 5.41) is 2.40. The summed E-state index contributed by atoms with van der Waals surface area (Å²) in [6.07, 6.45) is 1.26. The first kappa shape index (κ1) is 13.6. The van der Waals surface area contributed by atoms with E-state index in [1.54, 1.807) is 0 Å². The quantitative estimate of drug-likeness (QED) is 0.836. The van der Waals surface area contributed by atoms with Crippen molar-refractivity contribution in [1.82, 2.24) is 4.98 Å². The minimum Gasteiger partial charge on any atom is -0.397 e. The van der Waals surface area contributed by atoms with Gasteiger partial charge in [0.05, 0.1) is 28.2 Å². The molecule has 0 atom stereocenters. The molecule has 1 aromatic heterocycles. The lowest BCUT2D eigenvalue weighted by Crippen LogP contribution is -2.15. The number of pyridine rings is 1. The minimum atomic E-state index is -0.712. The number of carbonyl (C=O) groups excluding carboxylic acids is 1. The molecule has 98 valence electrons. The summed E-state index contributed by atoms with van der Waals surface area (Å²) in [5.74, 6) is -1.31. The van der Waals surface area contributed by atoms with Gasteiger partial charge in [0.1, 0.15) is 5.15 Å². The SMILES string of the molecule is Nc1cnc(Cl)cc1C(=O)Nc1cccc(Cl)c1F. The van der Waals surface area contributed by atoms with Gasteiger partial charge in [0.15, 0.2) is 5.82 Å². The number of nitrogen functional groups attached to an aromatic ring is 1. The van der Waals surface area contributed by atoms with Crippen LogP contribution in [-0.2, 0) is 0 Å². The van der Waals surface area contributed by atoms with Gasteiger partial charge in [0.25, 0.3) is 5.91 Å². The van der Waals surface area contributed by atoms with Crippen LogP contribution in [0.4, 0.5) is 15.8 Å². The van der Waals surface area contributed by atoms with Gasteiger partial charge in [-0.2, -0.15) is 0 Å². The number of nitrogens with one attached hydrogen (secondary N) is 1. The number of nitrogens with zero attached hydrogens (tertiary/aromatic N) is 1. The molecule has 3 N–H and O–H groups in total. The van der Waals surface area contributed by atoms with E-state index in [1.165, 1.54) is 30.5 Å². The highest BCUT2D eigenvalue weighted by Crippen LogP contribution is 2.23. The second-order valence-corrected chi connectivity index (χ2v) is 4.44. The van der Waals surface area contributed by atoms with Gasteiger partial charge in [0, 0.05) is 0 Å². The molecule has 2 rings (SSSR count). The van der Waals surface area contributed by atoms with E-state index < -0.39 is 11.7 Å². The molecule has 4 nitrogen and oxygen atoms in total. The van der Waals surface area contributed by atoms with E-state index in [2.05, 4.69) is 10.3 Å². The normalized spacial score (nSPS) is 10.3. The number of anilines is 2. The Bertz CT molecular complexity index is 649. The molecule has 1 heterocycles. The lowest BCUT2D eigenvalue weighted by Gasteiger charge is -2.09. The Balaban J connectivity index is 2.31. The van der Waals surface area contributed by atoms with Crippen LogP contribution in [0, 0.1) is 5.82 Å². The molecule has 1 aromatic carbocycles. The molecule has 0 aliphatic rings. The molecule has 0 saturated carbocycles. The summed E-state index contributed by atoms with van der Waals surface area (Å²) in [6.45, 7) is 0. The van der Waals surface area contributed by atoms with Crippen LogP contribution in [0.5, 0.6) is 0 Å². The third kappa shape index (κ3) is 2.94. The molecule has 0 aliphatic carbocycles. The zero-order chi connectivity index (χ0) is 14.0. The Labute approximate surface area is 118 Å². The van der Waals surface area contributed by atoms with E-state index in [-0.39, 0.29) is 27.1 Å². The second kappa shape index (κ2) is 5.42. The number of halogens is 3. The Morgan fingerprint density at radius 1 is 1.37 bits per heavy atom. The van der Waals surface area contributed by atoms with Crippen LogP contribution in [0.15, 0.2) is 30.5 Å². The first-order valence-corrected chi connectivity index (χ1v) is 5.91. The summed E-state index contributed by atoms with van der Waals surface area (Å²) < 4.78 is 13.6. The number of aromatic nitrogens is 1. The molecular formula is C12H8Cl2FN3O. The van der Waals surface area contributed by atoms with E-state index in [1.807, 2.05) is 0 Å². The van der Waals surface area contributed by atoms with Crippen molar-refractivity contribution in [2.75, 3.05) is 11.1 Å². The van der Waals surface area contributed by atoms with Gasteiger partial charge in [0.2, 0.25) is 0 Å². The van der Waals surface area contributed by atoms with Gasteiger partial charge in [-0.25, -0.2) is 9.37 Å². The molecule has 0 fully saturated rings. The van der Waals surface area contributed by atoms with E-state index in [4.69, 9.17) is 28.9 Å². The minimum absolute atomic E-state index is 0.0372. The van der Waals surface area contributed by atoms with Gasteiger partial charge < -0.3 is 11.1 Å². The summed E-state index contributed by atoms with van der Waals surface area (Å²) in [4.78, 5) is 15.7. The second-order valence-electron chi connectivity index (χ2n) is 3.65. The topological polar surface area (TPSA) is 68.0 Å². The third-order valence-corrected chi connectivity index (χ3v) is 2.84. The average molecular weight is 300 g/mol. The predicted molar refractivity (Wildman–Crippen MR) is 73.0 cm³/mol. The maximum absolute atomic E-state index is 13.6. The van der Waals surface area contributed by atoms with E-state index in [0.717, 1.165) is 0 Å². The third-order valence-electron chi connectivity index (χ3n) is 2.35. The molecule has 0 spiro atoms. The fourth-order valence-electron chi connectivity index (χ4n) is 1.43. The first-order chi connectivity index (χ1) is 8.99.